The lowest BCUT2D eigenvalue weighted by Crippen LogP contribution is -2.27. The Balaban J connectivity index is 2.34. The predicted molar refractivity (Wildman–Crippen MR) is 63.0 cm³/mol. The highest BCUT2D eigenvalue weighted by Crippen LogP contribution is 2.28. The first-order chi connectivity index (χ1) is 7.68. The number of piperidine rings is 1. The van der Waals surface area contributed by atoms with Crippen molar-refractivity contribution in [3.05, 3.63) is 34.9 Å². The highest BCUT2D eigenvalue weighted by molar-refractivity contribution is 5.89. The van der Waals surface area contributed by atoms with E-state index in [-0.39, 0.29) is 0 Å². The molecule has 1 aromatic carbocycles. The second-order valence-corrected chi connectivity index (χ2v) is 4.42. The molecular weight excluding hydrogens is 202 g/mol. The van der Waals surface area contributed by atoms with E-state index in [1.165, 1.54) is 0 Å². The van der Waals surface area contributed by atoms with E-state index < -0.39 is 5.97 Å². The maximum absolute atomic E-state index is 11.2. The number of aromatic carboxylic acids is 1. The minimum absolute atomic E-state index is 0.396. The van der Waals surface area contributed by atoms with Crippen LogP contribution in [-0.2, 0) is 0 Å². The third-order valence-electron chi connectivity index (χ3n) is 3.22. The summed E-state index contributed by atoms with van der Waals surface area (Å²) < 4.78 is 0. The lowest BCUT2D eigenvalue weighted by atomic mass is 9.86. The van der Waals surface area contributed by atoms with Crippen LogP contribution in [0.4, 0.5) is 0 Å². The SMILES string of the molecule is Cc1ccc(C2CCNCC2)c(C(=O)O)c1. The van der Waals surface area contributed by atoms with E-state index >= 15 is 0 Å². The zero-order valence-electron chi connectivity index (χ0n) is 9.49. The van der Waals surface area contributed by atoms with E-state index in [9.17, 15) is 9.90 Å². The van der Waals surface area contributed by atoms with Crippen molar-refractivity contribution < 1.29 is 9.90 Å². The van der Waals surface area contributed by atoms with Crippen molar-refractivity contribution >= 4 is 5.97 Å². The molecule has 1 fully saturated rings. The highest BCUT2D eigenvalue weighted by Gasteiger charge is 2.20. The summed E-state index contributed by atoms with van der Waals surface area (Å²) in [6.07, 6.45) is 2.06. The quantitative estimate of drug-likeness (QED) is 0.801. The van der Waals surface area contributed by atoms with Gasteiger partial charge in [0.1, 0.15) is 0 Å². The Morgan fingerprint density at radius 2 is 2.06 bits per heavy atom. The maximum Gasteiger partial charge on any atom is 0.335 e. The number of carbonyl (C=O) groups is 1. The fourth-order valence-corrected chi connectivity index (χ4v) is 2.34. The molecule has 3 heteroatoms. The van der Waals surface area contributed by atoms with Gasteiger partial charge in [0, 0.05) is 0 Å². The van der Waals surface area contributed by atoms with Crippen molar-refractivity contribution in [2.45, 2.75) is 25.7 Å². The zero-order valence-corrected chi connectivity index (χ0v) is 9.49. The summed E-state index contributed by atoms with van der Waals surface area (Å²) in [4.78, 5) is 11.2. The van der Waals surface area contributed by atoms with E-state index in [0.717, 1.165) is 37.1 Å². The topological polar surface area (TPSA) is 49.3 Å². The van der Waals surface area contributed by atoms with Crippen molar-refractivity contribution in [1.29, 1.82) is 0 Å². The normalized spacial score (nSPS) is 17.3. The minimum Gasteiger partial charge on any atom is -0.478 e. The van der Waals surface area contributed by atoms with E-state index in [0.29, 0.717) is 11.5 Å². The molecule has 1 heterocycles. The third-order valence-corrected chi connectivity index (χ3v) is 3.22. The average Bonchev–Trinajstić information content (AvgIpc) is 2.30. The molecule has 1 saturated heterocycles. The van der Waals surface area contributed by atoms with Crippen LogP contribution in [0.1, 0.15) is 40.2 Å². The number of nitrogens with one attached hydrogen (secondary N) is 1. The van der Waals surface area contributed by atoms with Crippen molar-refractivity contribution in [3.8, 4) is 0 Å². The molecular formula is C13H17NO2. The van der Waals surface area contributed by atoms with Crippen molar-refractivity contribution in [2.75, 3.05) is 13.1 Å². The molecule has 0 aliphatic carbocycles. The number of hydrogen-bond donors (Lipinski definition) is 2. The molecule has 0 amide bonds. The van der Waals surface area contributed by atoms with Gasteiger partial charge in [0.15, 0.2) is 0 Å². The molecule has 2 N–H and O–H groups in total. The lowest BCUT2D eigenvalue weighted by molar-refractivity contribution is 0.0694. The van der Waals surface area contributed by atoms with Crippen molar-refractivity contribution in [2.24, 2.45) is 0 Å². The second-order valence-electron chi connectivity index (χ2n) is 4.42. The first-order valence-corrected chi connectivity index (χ1v) is 5.73. The molecule has 0 unspecified atom stereocenters. The number of aryl methyl sites for hydroxylation is 1. The predicted octanol–water partition coefficient (Wildman–Crippen LogP) is 2.16. The number of carboxylic acids is 1. The molecule has 0 bridgehead atoms. The molecule has 1 aliphatic rings. The van der Waals surface area contributed by atoms with Crippen LogP contribution >= 0.6 is 0 Å². The Kier molecular flexibility index (Phi) is 3.25. The van der Waals surface area contributed by atoms with E-state index in [1.54, 1.807) is 6.07 Å². The number of rotatable bonds is 2. The van der Waals surface area contributed by atoms with Gasteiger partial charge < -0.3 is 10.4 Å². The van der Waals surface area contributed by atoms with Gasteiger partial charge in [-0.1, -0.05) is 17.7 Å². The van der Waals surface area contributed by atoms with Gasteiger partial charge in [-0.3, -0.25) is 0 Å². The van der Waals surface area contributed by atoms with Gasteiger partial charge in [0.2, 0.25) is 0 Å². The van der Waals surface area contributed by atoms with E-state index in [4.69, 9.17) is 0 Å². The summed E-state index contributed by atoms with van der Waals surface area (Å²) in [5, 5.41) is 12.5. The summed E-state index contributed by atoms with van der Waals surface area (Å²) in [5.41, 5.74) is 2.49. The molecule has 0 saturated carbocycles. The molecule has 0 spiro atoms. The Morgan fingerprint density at radius 3 is 2.69 bits per heavy atom. The standard InChI is InChI=1S/C13H17NO2/c1-9-2-3-11(12(8-9)13(15)16)10-4-6-14-7-5-10/h2-3,8,10,14H,4-7H2,1H3,(H,15,16). The fraction of sp³-hybridized carbons (Fsp3) is 0.462. The Hall–Kier alpha value is -1.35. The summed E-state index contributed by atoms with van der Waals surface area (Å²) >= 11 is 0. The zero-order chi connectivity index (χ0) is 11.5. The van der Waals surface area contributed by atoms with Gasteiger partial charge in [0.05, 0.1) is 5.56 Å². The van der Waals surface area contributed by atoms with Gasteiger partial charge in [-0.2, -0.15) is 0 Å². The summed E-state index contributed by atoms with van der Waals surface area (Å²) in [7, 11) is 0. The van der Waals surface area contributed by atoms with Crippen LogP contribution < -0.4 is 5.32 Å². The van der Waals surface area contributed by atoms with Crippen molar-refractivity contribution in [3.63, 3.8) is 0 Å². The summed E-state index contributed by atoms with van der Waals surface area (Å²) in [5.74, 6) is -0.412. The highest BCUT2D eigenvalue weighted by atomic mass is 16.4. The van der Waals surface area contributed by atoms with E-state index in [2.05, 4.69) is 5.32 Å². The number of carboxylic acid groups (broad SMARTS) is 1. The van der Waals surface area contributed by atoms with Crippen molar-refractivity contribution in [1.82, 2.24) is 5.32 Å². The lowest BCUT2D eigenvalue weighted by Gasteiger charge is -2.24. The molecule has 16 heavy (non-hydrogen) atoms. The van der Waals surface area contributed by atoms with E-state index in [1.807, 2.05) is 19.1 Å². The molecule has 0 radical (unpaired) electrons. The molecule has 2 rings (SSSR count). The number of benzene rings is 1. The largest absolute Gasteiger partial charge is 0.478 e. The Labute approximate surface area is 95.5 Å². The first kappa shape index (κ1) is 11.1. The van der Waals surface area contributed by atoms with Crippen LogP contribution in [0.3, 0.4) is 0 Å². The molecule has 3 nitrogen and oxygen atoms in total. The van der Waals surface area contributed by atoms with Crippen LogP contribution in [0.25, 0.3) is 0 Å². The van der Waals surface area contributed by atoms with Gasteiger partial charge in [-0.25, -0.2) is 4.79 Å². The monoisotopic (exact) mass is 219 g/mol. The smallest absolute Gasteiger partial charge is 0.335 e. The molecule has 1 aromatic rings. The minimum atomic E-state index is -0.808. The van der Waals surface area contributed by atoms with Gasteiger partial charge in [0.25, 0.3) is 0 Å². The molecule has 1 aliphatic heterocycles. The van der Waals surface area contributed by atoms with Crippen LogP contribution in [0, 0.1) is 6.92 Å². The van der Waals surface area contributed by atoms with Crippen LogP contribution in [0.15, 0.2) is 18.2 Å². The molecule has 0 aromatic heterocycles. The summed E-state index contributed by atoms with van der Waals surface area (Å²) in [6, 6.07) is 5.76. The van der Waals surface area contributed by atoms with Crippen LogP contribution in [-0.4, -0.2) is 24.2 Å². The fourth-order valence-electron chi connectivity index (χ4n) is 2.34. The first-order valence-electron chi connectivity index (χ1n) is 5.73. The number of hydrogen-bond acceptors (Lipinski definition) is 2. The van der Waals surface area contributed by atoms with Crippen LogP contribution in [0.2, 0.25) is 0 Å². The Bertz CT molecular complexity index is 395. The second kappa shape index (κ2) is 4.66. The Morgan fingerprint density at radius 1 is 1.38 bits per heavy atom. The molecule has 0 atom stereocenters. The third kappa shape index (κ3) is 2.25. The molecule has 86 valence electrons. The van der Waals surface area contributed by atoms with Gasteiger partial charge in [-0.05, 0) is 50.4 Å². The summed E-state index contributed by atoms with van der Waals surface area (Å²) in [6.45, 7) is 3.90. The maximum atomic E-state index is 11.2. The van der Waals surface area contributed by atoms with Gasteiger partial charge in [-0.15, -0.1) is 0 Å². The van der Waals surface area contributed by atoms with Gasteiger partial charge >= 0.3 is 5.97 Å². The average molecular weight is 219 g/mol. The van der Waals surface area contributed by atoms with Crippen LogP contribution in [0.5, 0.6) is 0 Å².